The molecule has 6 N–H and O–H groups in total. The molecular formula is C19H17FN4O2. The van der Waals surface area contributed by atoms with Crippen LogP contribution in [0.1, 0.15) is 15.9 Å². The number of aromatic nitrogens is 1. The molecule has 0 saturated heterocycles. The molecule has 0 aliphatic rings. The Morgan fingerprint density at radius 1 is 1.15 bits per heavy atom. The van der Waals surface area contributed by atoms with Crippen LogP contribution in [-0.2, 0) is 0 Å². The number of carbonyl (C=O) groups is 1. The highest BCUT2D eigenvalue weighted by Crippen LogP contribution is 2.33. The maximum Gasteiger partial charge on any atom is 0.252 e. The van der Waals surface area contributed by atoms with Crippen molar-refractivity contribution in [2.75, 3.05) is 11.1 Å². The summed E-state index contributed by atoms with van der Waals surface area (Å²) < 4.78 is 14.0. The van der Waals surface area contributed by atoms with Crippen molar-refractivity contribution in [3.8, 4) is 17.0 Å². The van der Waals surface area contributed by atoms with Crippen LogP contribution in [0.25, 0.3) is 11.3 Å². The van der Waals surface area contributed by atoms with E-state index in [0.717, 1.165) is 5.56 Å². The van der Waals surface area contributed by atoms with E-state index < -0.39 is 5.91 Å². The number of nitrogens with two attached hydrogens (primary N) is 2. The summed E-state index contributed by atoms with van der Waals surface area (Å²) in [6.07, 6.45) is 0. The Balaban J connectivity index is 1.98. The van der Waals surface area contributed by atoms with Gasteiger partial charge in [-0.25, -0.2) is 9.37 Å². The van der Waals surface area contributed by atoms with E-state index in [2.05, 4.69) is 10.3 Å². The Bertz CT molecular complexity index is 1000. The number of amides is 1. The van der Waals surface area contributed by atoms with E-state index >= 15 is 0 Å². The molecule has 0 spiro atoms. The monoisotopic (exact) mass is 352 g/mol. The number of phenols is 1. The number of hydrogen-bond donors (Lipinski definition) is 4. The third-order valence-electron chi connectivity index (χ3n) is 3.87. The molecule has 0 bridgehead atoms. The first-order chi connectivity index (χ1) is 12.3. The van der Waals surface area contributed by atoms with Crippen LogP contribution in [0.5, 0.6) is 5.75 Å². The standard InChI is InChI=1S/C19H17FN4O2/c1-10-2-5-16(14(20)8-10)23-11-3-7-17(25)13(9-11)15-6-4-12(19(22)26)18(21)24-15/h2-9,23,25H,1H3,(H2,21,24)(H2,22,26). The van der Waals surface area contributed by atoms with E-state index in [1.165, 1.54) is 24.3 Å². The number of primary amides is 1. The van der Waals surface area contributed by atoms with Gasteiger partial charge in [0.2, 0.25) is 0 Å². The number of hydrogen-bond acceptors (Lipinski definition) is 5. The summed E-state index contributed by atoms with van der Waals surface area (Å²) in [4.78, 5) is 15.4. The molecule has 1 aromatic heterocycles. The predicted octanol–water partition coefficient (Wildman–Crippen LogP) is 3.33. The zero-order valence-electron chi connectivity index (χ0n) is 14.0. The molecule has 0 fully saturated rings. The molecule has 2 aromatic carbocycles. The Hall–Kier alpha value is -3.61. The molecule has 26 heavy (non-hydrogen) atoms. The van der Waals surface area contributed by atoms with E-state index in [1.807, 2.05) is 0 Å². The van der Waals surface area contributed by atoms with Gasteiger partial charge < -0.3 is 21.9 Å². The lowest BCUT2D eigenvalue weighted by Gasteiger charge is -2.12. The molecule has 0 saturated carbocycles. The zero-order chi connectivity index (χ0) is 18.8. The first kappa shape index (κ1) is 17.2. The SMILES string of the molecule is Cc1ccc(Nc2ccc(O)c(-c3ccc(C(N)=O)c(N)n3)c2)c(F)c1. The number of halogens is 1. The van der Waals surface area contributed by atoms with Gasteiger partial charge in [-0.3, -0.25) is 4.79 Å². The smallest absolute Gasteiger partial charge is 0.252 e. The average molecular weight is 352 g/mol. The van der Waals surface area contributed by atoms with Crippen LogP contribution in [0.15, 0.2) is 48.5 Å². The normalized spacial score (nSPS) is 10.5. The van der Waals surface area contributed by atoms with Crippen molar-refractivity contribution in [3.05, 3.63) is 65.5 Å². The second-order valence-corrected chi connectivity index (χ2v) is 5.83. The molecule has 3 aromatic rings. The van der Waals surface area contributed by atoms with E-state index in [9.17, 15) is 14.3 Å². The van der Waals surface area contributed by atoms with Crippen molar-refractivity contribution >= 4 is 23.1 Å². The van der Waals surface area contributed by atoms with Crippen LogP contribution in [0.3, 0.4) is 0 Å². The summed E-state index contributed by atoms with van der Waals surface area (Å²) in [6.45, 7) is 1.80. The Labute approximate surface area is 149 Å². The van der Waals surface area contributed by atoms with E-state index in [0.29, 0.717) is 22.6 Å². The maximum absolute atomic E-state index is 14.0. The summed E-state index contributed by atoms with van der Waals surface area (Å²) in [6, 6.07) is 12.5. The molecule has 0 atom stereocenters. The summed E-state index contributed by atoms with van der Waals surface area (Å²) in [7, 11) is 0. The van der Waals surface area contributed by atoms with Crippen molar-refractivity contribution in [2.24, 2.45) is 5.73 Å². The van der Waals surface area contributed by atoms with Crippen molar-refractivity contribution in [1.29, 1.82) is 0 Å². The van der Waals surface area contributed by atoms with Crippen molar-refractivity contribution in [3.63, 3.8) is 0 Å². The minimum atomic E-state index is -0.684. The number of pyridine rings is 1. The number of carbonyl (C=O) groups excluding carboxylic acids is 1. The van der Waals surface area contributed by atoms with Gasteiger partial charge in [-0.1, -0.05) is 6.07 Å². The highest BCUT2D eigenvalue weighted by molar-refractivity contribution is 5.97. The number of rotatable bonds is 4. The largest absolute Gasteiger partial charge is 0.507 e. The second-order valence-electron chi connectivity index (χ2n) is 5.83. The summed E-state index contributed by atoms with van der Waals surface area (Å²) >= 11 is 0. The van der Waals surface area contributed by atoms with Crippen LogP contribution in [0.4, 0.5) is 21.6 Å². The van der Waals surface area contributed by atoms with Crippen LogP contribution < -0.4 is 16.8 Å². The number of nitrogens with one attached hydrogen (secondary N) is 1. The zero-order valence-corrected chi connectivity index (χ0v) is 14.0. The minimum Gasteiger partial charge on any atom is -0.507 e. The summed E-state index contributed by atoms with van der Waals surface area (Å²) in [5.74, 6) is -1.13. The Morgan fingerprint density at radius 2 is 1.92 bits per heavy atom. The quantitative estimate of drug-likeness (QED) is 0.538. The molecule has 1 amide bonds. The molecule has 6 nitrogen and oxygen atoms in total. The van der Waals surface area contributed by atoms with Crippen LogP contribution >= 0.6 is 0 Å². The number of nitrogen functional groups attached to an aromatic ring is 1. The highest BCUT2D eigenvalue weighted by Gasteiger charge is 2.13. The van der Waals surface area contributed by atoms with Gasteiger partial charge in [0.25, 0.3) is 5.91 Å². The topological polar surface area (TPSA) is 114 Å². The fraction of sp³-hybridized carbons (Fsp3) is 0.0526. The van der Waals surface area contributed by atoms with Gasteiger partial charge in [0, 0.05) is 11.3 Å². The van der Waals surface area contributed by atoms with E-state index in [4.69, 9.17) is 11.5 Å². The van der Waals surface area contributed by atoms with E-state index in [-0.39, 0.29) is 22.9 Å². The predicted molar refractivity (Wildman–Crippen MR) is 98.7 cm³/mol. The summed E-state index contributed by atoms with van der Waals surface area (Å²) in [5.41, 5.74) is 13.5. The van der Waals surface area contributed by atoms with Gasteiger partial charge in [-0.2, -0.15) is 0 Å². The molecule has 1 heterocycles. The Kier molecular flexibility index (Phi) is 4.45. The van der Waals surface area contributed by atoms with Crippen LogP contribution in [-0.4, -0.2) is 16.0 Å². The number of benzene rings is 2. The van der Waals surface area contributed by atoms with Crippen molar-refractivity contribution < 1.29 is 14.3 Å². The fourth-order valence-corrected chi connectivity index (χ4v) is 2.53. The highest BCUT2D eigenvalue weighted by atomic mass is 19.1. The number of aryl methyl sites for hydroxylation is 1. The average Bonchev–Trinajstić information content (AvgIpc) is 2.58. The van der Waals surface area contributed by atoms with Crippen LogP contribution in [0, 0.1) is 12.7 Å². The van der Waals surface area contributed by atoms with Gasteiger partial charge in [0.1, 0.15) is 17.4 Å². The molecule has 0 aliphatic heterocycles. The van der Waals surface area contributed by atoms with Crippen molar-refractivity contribution in [2.45, 2.75) is 6.92 Å². The number of phenolic OH excluding ortho intramolecular Hbond substituents is 1. The van der Waals surface area contributed by atoms with Gasteiger partial charge in [-0.05, 0) is 55.0 Å². The number of anilines is 3. The Morgan fingerprint density at radius 3 is 2.58 bits per heavy atom. The van der Waals surface area contributed by atoms with Gasteiger partial charge in [0.15, 0.2) is 0 Å². The molecular weight excluding hydrogens is 335 g/mol. The molecule has 132 valence electrons. The molecule has 0 unspecified atom stereocenters. The summed E-state index contributed by atoms with van der Waals surface area (Å²) in [5, 5.41) is 13.1. The molecule has 3 rings (SSSR count). The van der Waals surface area contributed by atoms with Gasteiger partial charge in [0.05, 0.1) is 16.9 Å². The lowest BCUT2D eigenvalue weighted by Crippen LogP contribution is -2.14. The second kappa shape index (κ2) is 6.72. The third kappa shape index (κ3) is 3.41. The van der Waals surface area contributed by atoms with Gasteiger partial charge >= 0.3 is 0 Å². The fourth-order valence-electron chi connectivity index (χ4n) is 2.53. The van der Waals surface area contributed by atoms with E-state index in [1.54, 1.807) is 31.2 Å². The van der Waals surface area contributed by atoms with Gasteiger partial charge in [-0.15, -0.1) is 0 Å². The minimum absolute atomic E-state index is 0.0290. The first-order valence-corrected chi connectivity index (χ1v) is 7.78. The molecule has 0 radical (unpaired) electrons. The first-order valence-electron chi connectivity index (χ1n) is 7.78. The molecule has 0 aliphatic carbocycles. The van der Waals surface area contributed by atoms with Crippen LogP contribution in [0.2, 0.25) is 0 Å². The van der Waals surface area contributed by atoms with Crippen molar-refractivity contribution in [1.82, 2.24) is 4.98 Å². The third-order valence-corrected chi connectivity index (χ3v) is 3.87. The molecule has 7 heteroatoms. The maximum atomic E-state index is 14.0. The lowest BCUT2D eigenvalue weighted by atomic mass is 10.1. The lowest BCUT2D eigenvalue weighted by molar-refractivity contribution is 0.100. The number of nitrogens with zero attached hydrogens (tertiary/aromatic N) is 1. The number of aromatic hydroxyl groups is 1.